The number of ether oxygens (including phenoxy) is 1. The molecule has 2 unspecified atom stereocenters. The molecular formula is C10H16N2O3. The van der Waals surface area contributed by atoms with Gasteiger partial charge in [0.1, 0.15) is 6.54 Å². The Labute approximate surface area is 88.5 Å². The van der Waals surface area contributed by atoms with Gasteiger partial charge in [0.15, 0.2) is 0 Å². The van der Waals surface area contributed by atoms with Crippen molar-refractivity contribution in [2.75, 3.05) is 26.7 Å². The molecule has 84 valence electrons. The maximum atomic E-state index is 11.6. The zero-order valence-electron chi connectivity index (χ0n) is 8.84. The van der Waals surface area contributed by atoms with Crippen molar-refractivity contribution in [1.29, 1.82) is 0 Å². The summed E-state index contributed by atoms with van der Waals surface area (Å²) in [6.07, 6.45) is 2.02. The summed E-state index contributed by atoms with van der Waals surface area (Å²) in [6.45, 7) is 1.92. The molecule has 2 atom stereocenters. The lowest BCUT2D eigenvalue weighted by Gasteiger charge is -2.07. The highest BCUT2D eigenvalue weighted by atomic mass is 16.5. The fourth-order valence-electron chi connectivity index (χ4n) is 2.31. The Hall–Kier alpha value is -1.10. The van der Waals surface area contributed by atoms with Crippen LogP contribution in [-0.2, 0) is 14.3 Å². The van der Waals surface area contributed by atoms with E-state index in [1.54, 1.807) is 0 Å². The summed E-state index contributed by atoms with van der Waals surface area (Å²) in [4.78, 5) is 22.5. The van der Waals surface area contributed by atoms with Gasteiger partial charge >= 0.3 is 5.97 Å². The molecular weight excluding hydrogens is 196 g/mol. The minimum atomic E-state index is -0.400. The number of methoxy groups -OCH3 is 1. The van der Waals surface area contributed by atoms with Gasteiger partial charge < -0.3 is 15.4 Å². The zero-order valence-corrected chi connectivity index (χ0v) is 8.84. The number of nitrogens with one attached hydrogen (secondary N) is 2. The quantitative estimate of drug-likeness (QED) is 0.606. The van der Waals surface area contributed by atoms with Crippen LogP contribution in [0, 0.1) is 11.3 Å². The van der Waals surface area contributed by atoms with Gasteiger partial charge in [0.2, 0.25) is 5.91 Å². The molecule has 1 saturated carbocycles. The van der Waals surface area contributed by atoms with Crippen molar-refractivity contribution in [3.05, 3.63) is 0 Å². The molecule has 0 bridgehead atoms. The van der Waals surface area contributed by atoms with Crippen molar-refractivity contribution in [3.63, 3.8) is 0 Å². The lowest BCUT2D eigenvalue weighted by Crippen LogP contribution is -2.33. The van der Waals surface area contributed by atoms with Gasteiger partial charge in [-0.25, -0.2) is 0 Å². The average molecular weight is 212 g/mol. The van der Waals surface area contributed by atoms with Gasteiger partial charge in [0, 0.05) is 12.5 Å². The fourth-order valence-corrected chi connectivity index (χ4v) is 2.31. The zero-order chi connectivity index (χ0) is 10.9. The van der Waals surface area contributed by atoms with E-state index in [1.807, 2.05) is 0 Å². The Morgan fingerprint density at radius 2 is 2.40 bits per heavy atom. The Bertz CT molecular complexity index is 284. The third-order valence-electron chi connectivity index (χ3n) is 3.42. The monoisotopic (exact) mass is 212 g/mol. The number of rotatable bonds is 3. The van der Waals surface area contributed by atoms with Crippen LogP contribution in [0.15, 0.2) is 0 Å². The minimum Gasteiger partial charge on any atom is -0.468 e. The van der Waals surface area contributed by atoms with E-state index in [0.717, 1.165) is 25.9 Å². The first-order valence-electron chi connectivity index (χ1n) is 5.23. The van der Waals surface area contributed by atoms with Crippen LogP contribution in [0.4, 0.5) is 0 Å². The SMILES string of the molecule is COC(=O)CNC(=O)C1CC12CCNC2. The smallest absolute Gasteiger partial charge is 0.325 e. The van der Waals surface area contributed by atoms with Crippen LogP contribution in [0.5, 0.6) is 0 Å². The first-order chi connectivity index (χ1) is 7.18. The van der Waals surface area contributed by atoms with Gasteiger partial charge in [-0.1, -0.05) is 0 Å². The van der Waals surface area contributed by atoms with Gasteiger partial charge in [-0.05, 0) is 24.8 Å². The second kappa shape index (κ2) is 3.81. The molecule has 1 spiro atoms. The second-order valence-corrected chi connectivity index (χ2v) is 4.34. The van der Waals surface area contributed by atoms with Crippen LogP contribution >= 0.6 is 0 Å². The number of carbonyl (C=O) groups is 2. The van der Waals surface area contributed by atoms with Crippen LogP contribution in [0.3, 0.4) is 0 Å². The second-order valence-electron chi connectivity index (χ2n) is 4.34. The van der Waals surface area contributed by atoms with E-state index in [4.69, 9.17) is 0 Å². The number of hydrogen-bond acceptors (Lipinski definition) is 4. The maximum Gasteiger partial charge on any atom is 0.325 e. The summed E-state index contributed by atoms with van der Waals surface area (Å²) in [5.74, 6) is -0.316. The van der Waals surface area contributed by atoms with Crippen molar-refractivity contribution in [2.24, 2.45) is 11.3 Å². The summed E-state index contributed by atoms with van der Waals surface area (Å²) < 4.78 is 4.45. The van der Waals surface area contributed by atoms with Crippen molar-refractivity contribution in [1.82, 2.24) is 10.6 Å². The predicted molar refractivity (Wildman–Crippen MR) is 53.1 cm³/mol. The average Bonchev–Trinajstić information content (AvgIpc) is 2.73. The van der Waals surface area contributed by atoms with E-state index in [-0.39, 0.29) is 23.8 Å². The summed E-state index contributed by atoms with van der Waals surface area (Å²) in [5.41, 5.74) is 0.195. The van der Waals surface area contributed by atoms with Crippen LogP contribution in [0.2, 0.25) is 0 Å². The summed E-state index contributed by atoms with van der Waals surface area (Å²) in [7, 11) is 1.31. The summed E-state index contributed by atoms with van der Waals surface area (Å²) >= 11 is 0. The highest BCUT2D eigenvalue weighted by Crippen LogP contribution is 2.56. The van der Waals surface area contributed by atoms with E-state index < -0.39 is 5.97 Å². The number of esters is 1. The fraction of sp³-hybridized carbons (Fsp3) is 0.800. The third kappa shape index (κ3) is 1.97. The van der Waals surface area contributed by atoms with E-state index in [9.17, 15) is 9.59 Å². The third-order valence-corrected chi connectivity index (χ3v) is 3.42. The standard InChI is InChI=1S/C10H16N2O3/c1-15-8(13)5-12-9(14)7-4-10(7)2-3-11-6-10/h7,11H,2-6H2,1H3,(H,12,14). The van der Waals surface area contributed by atoms with Crippen LogP contribution in [-0.4, -0.2) is 38.6 Å². The van der Waals surface area contributed by atoms with Crippen LogP contribution < -0.4 is 10.6 Å². The van der Waals surface area contributed by atoms with E-state index in [1.165, 1.54) is 7.11 Å². The Kier molecular flexibility index (Phi) is 2.65. The molecule has 1 heterocycles. The van der Waals surface area contributed by atoms with Gasteiger partial charge in [0.25, 0.3) is 0 Å². The molecule has 0 aromatic heterocycles. The predicted octanol–water partition coefficient (Wildman–Crippen LogP) is -0.725. The molecule has 15 heavy (non-hydrogen) atoms. The van der Waals surface area contributed by atoms with Crippen LogP contribution in [0.1, 0.15) is 12.8 Å². The number of hydrogen-bond donors (Lipinski definition) is 2. The Morgan fingerprint density at radius 1 is 1.60 bits per heavy atom. The first kappa shape index (κ1) is 10.4. The Morgan fingerprint density at radius 3 is 3.00 bits per heavy atom. The lowest BCUT2D eigenvalue weighted by atomic mass is 10.0. The molecule has 0 radical (unpaired) electrons. The molecule has 0 aromatic carbocycles. The molecule has 0 aromatic rings. The molecule has 1 aliphatic carbocycles. The van der Waals surface area contributed by atoms with Crippen molar-refractivity contribution >= 4 is 11.9 Å². The normalized spacial score (nSPS) is 32.7. The van der Waals surface area contributed by atoms with Crippen molar-refractivity contribution in [3.8, 4) is 0 Å². The molecule has 1 aliphatic heterocycles. The van der Waals surface area contributed by atoms with Gasteiger partial charge in [0.05, 0.1) is 7.11 Å². The molecule has 2 N–H and O–H groups in total. The Balaban J connectivity index is 1.76. The number of carbonyl (C=O) groups excluding carboxylic acids is 2. The topological polar surface area (TPSA) is 67.4 Å². The molecule has 2 rings (SSSR count). The molecule has 5 nitrogen and oxygen atoms in total. The molecule has 2 fully saturated rings. The van der Waals surface area contributed by atoms with E-state index in [0.29, 0.717) is 0 Å². The molecule has 1 saturated heterocycles. The largest absolute Gasteiger partial charge is 0.468 e. The summed E-state index contributed by atoms with van der Waals surface area (Å²) in [5, 5.41) is 5.87. The molecule has 1 amide bonds. The highest BCUT2D eigenvalue weighted by molar-refractivity contribution is 5.86. The molecule has 5 heteroatoms. The highest BCUT2D eigenvalue weighted by Gasteiger charge is 2.58. The minimum absolute atomic E-state index is 0.0101. The van der Waals surface area contributed by atoms with Gasteiger partial charge in [-0.3, -0.25) is 9.59 Å². The maximum absolute atomic E-state index is 11.6. The van der Waals surface area contributed by atoms with Gasteiger partial charge in [-0.2, -0.15) is 0 Å². The number of amides is 1. The first-order valence-corrected chi connectivity index (χ1v) is 5.23. The van der Waals surface area contributed by atoms with E-state index >= 15 is 0 Å². The van der Waals surface area contributed by atoms with Crippen molar-refractivity contribution < 1.29 is 14.3 Å². The summed E-state index contributed by atoms with van der Waals surface area (Å²) in [6, 6.07) is 0. The van der Waals surface area contributed by atoms with Gasteiger partial charge in [-0.15, -0.1) is 0 Å². The van der Waals surface area contributed by atoms with Crippen molar-refractivity contribution in [2.45, 2.75) is 12.8 Å². The van der Waals surface area contributed by atoms with Crippen LogP contribution in [0.25, 0.3) is 0 Å². The lowest BCUT2D eigenvalue weighted by molar-refractivity contribution is -0.141. The van der Waals surface area contributed by atoms with E-state index in [2.05, 4.69) is 15.4 Å². The molecule has 2 aliphatic rings.